The van der Waals surface area contributed by atoms with Crippen LogP contribution in [0.25, 0.3) is 0 Å². The highest BCUT2D eigenvalue weighted by Crippen LogP contribution is 2.27. The molecule has 1 saturated carbocycles. The highest BCUT2D eigenvalue weighted by atomic mass is 16.5. The van der Waals surface area contributed by atoms with Crippen LogP contribution in [0.15, 0.2) is 0 Å². The number of nitrogens with two attached hydrogens (primary N) is 1. The molecule has 0 spiro atoms. The molecule has 2 fully saturated rings. The SMILES string of the molecule is CC1COCCN1C(=O)CCC1CCCC(N)C1. The van der Waals surface area contributed by atoms with Gasteiger partial charge in [0.15, 0.2) is 0 Å². The minimum absolute atomic E-state index is 0.236. The third-order valence-electron chi connectivity index (χ3n) is 4.28. The van der Waals surface area contributed by atoms with E-state index in [2.05, 4.69) is 6.92 Å². The molecular formula is C14H26N2O2. The van der Waals surface area contributed by atoms with Gasteiger partial charge in [0.1, 0.15) is 0 Å². The van der Waals surface area contributed by atoms with Gasteiger partial charge in [-0.15, -0.1) is 0 Å². The van der Waals surface area contributed by atoms with Gasteiger partial charge < -0.3 is 15.4 Å². The lowest BCUT2D eigenvalue weighted by Crippen LogP contribution is -2.47. The predicted molar refractivity (Wildman–Crippen MR) is 71.2 cm³/mol. The molecule has 0 aromatic carbocycles. The van der Waals surface area contributed by atoms with E-state index in [0.29, 0.717) is 37.5 Å². The Morgan fingerprint density at radius 2 is 2.28 bits per heavy atom. The Morgan fingerprint density at radius 3 is 3.00 bits per heavy atom. The summed E-state index contributed by atoms with van der Waals surface area (Å²) in [7, 11) is 0. The molecule has 1 aliphatic carbocycles. The minimum atomic E-state index is 0.236. The molecule has 4 nitrogen and oxygen atoms in total. The van der Waals surface area contributed by atoms with Crippen molar-refractivity contribution in [2.75, 3.05) is 19.8 Å². The van der Waals surface area contributed by atoms with E-state index in [1.807, 2.05) is 4.90 Å². The number of morpholine rings is 1. The quantitative estimate of drug-likeness (QED) is 0.831. The normalized spacial score (nSPS) is 33.4. The summed E-state index contributed by atoms with van der Waals surface area (Å²) in [5.41, 5.74) is 5.98. The van der Waals surface area contributed by atoms with Crippen molar-refractivity contribution in [3.8, 4) is 0 Å². The highest BCUT2D eigenvalue weighted by molar-refractivity contribution is 5.76. The van der Waals surface area contributed by atoms with Crippen LogP contribution in [0.3, 0.4) is 0 Å². The summed E-state index contributed by atoms with van der Waals surface area (Å²) >= 11 is 0. The summed E-state index contributed by atoms with van der Waals surface area (Å²) < 4.78 is 5.36. The monoisotopic (exact) mass is 254 g/mol. The van der Waals surface area contributed by atoms with E-state index in [9.17, 15) is 4.79 Å². The van der Waals surface area contributed by atoms with E-state index in [4.69, 9.17) is 10.5 Å². The molecule has 0 aromatic heterocycles. The number of hydrogen-bond acceptors (Lipinski definition) is 3. The molecule has 2 aliphatic rings. The Kier molecular flexibility index (Phi) is 5.01. The zero-order chi connectivity index (χ0) is 13.0. The number of hydrogen-bond donors (Lipinski definition) is 1. The second-order valence-corrected chi connectivity index (χ2v) is 5.84. The zero-order valence-electron chi connectivity index (χ0n) is 11.4. The Hall–Kier alpha value is -0.610. The maximum absolute atomic E-state index is 12.2. The lowest BCUT2D eigenvalue weighted by Gasteiger charge is -2.34. The van der Waals surface area contributed by atoms with E-state index in [0.717, 1.165) is 25.8 Å². The van der Waals surface area contributed by atoms with Gasteiger partial charge >= 0.3 is 0 Å². The fraction of sp³-hybridized carbons (Fsp3) is 0.929. The molecule has 0 radical (unpaired) electrons. The van der Waals surface area contributed by atoms with Crippen molar-refractivity contribution in [1.82, 2.24) is 4.90 Å². The summed E-state index contributed by atoms with van der Waals surface area (Å²) in [5, 5.41) is 0. The Bertz CT molecular complexity index is 283. The first kappa shape index (κ1) is 13.8. The lowest BCUT2D eigenvalue weighted by atomic mass is 9.83. The first-order valence-corrected chi connectivity index (χ1v) is 7.29. The standard InChI is InChI=1S/C14H26N2O2/c1-11-10-18-8-7-16(11)14(17)6-5-12-3-2-4-13(15)9-12/h11-13H,2-10,15H2,1H3. The van der Waals surface area contributed by atoms with Crippen LogP contribution in [0.4, 0.5) is 0 Å². The minimum Gasteiger partial charge on any atom is -0.377 e. The molecule has 0 bridgehead atoms. The van der Waals surface area contributed by atoms with Crippen LogP contribution in [-0.4, -0.2) is 42.6 Å². The van der Waals surface area contributed by atoms with E-state index in [-0.39, 0.29) is 6.04 Å². The zero-order valence-corrected chi connectivity index (χ0v) is 11.4. The van der Waals surface area contributed by atoms with Gasteiger partial charge in [-0.25, -0.2) is 0 Å². The number of rotatable bonds is 3. The molecule has 1 amide bonds. The van der Waals surface area contributed by atoms with E-state index in [1.165, 1.54) is 12.8 Å². The fourth-order valence-electron chi connectivity index (χ4n) is 3.16. The van der Waals surface area contributed by atoms with Crippen LogP contribution < -0.4 is 5.73 Å². The Labute approximate surface area is 110 Å². The summed E-state index contributed by atoms with van der Waals surface area (Å²) in [6.07, 6.45) is 6.43. The van der Waals surface area contributed by atoms with Crippen LogP contribution in [-0.2, 0) is 9.53 Å². The van der Waals surface area contributed by atoms with E-state index in [1.54, 1.807) is 0 Å². The van der Waals surface area contributed by atoms with Crippen molar-refractivity contribution >= 4 is 5.91 Å². The maximum atomic E-state index is 12.2. The summed E-state index contributed by atoms with van der Waals surface area (Å²) in [4.78, 5) is 14.2. The van der Waals surface area contributed by atoms with Gasteiger partial charge in [0.05, 0.1) is 19.3 Å². The fourth-order valence-corrected chi connectivity index (χ4v) is 3.16. The van der Waals surface area contributed by atoms with Gasteiger partial charge in [-0.3, -0.25) is 4.79 Å². The van der Waals surface area contributed by atoms with Crippen molar-refractivity contribution in [2.45, 2.75) is 57.5 Å². The largest absolute Gasteiger partial charge is 0.377 e. The number of carbonyl (C=O) groups excluding carboxylic acids is 1. The van der Waals surface area contributed by atoms with Gasteiger partial charge in [0.25, 0.3) is 0 Å². The molecule has 3 unspecified atom stereocenters. The van der Waals surface area contributed by atoms with Crippen molar-refractivity contribution in [3.05, 3.63) is 0 Å². The first-order valence-electron chi connectivity index (χ1n) is 7.29. The van der Waals surface area contributed by atoms with Crippen molar-refractivity contribution in [1.29, 1.82) is 0 Å². The molecule has 18 heavy (non-hydrogen) atoms. The number of ether oxygens (including phenoxy) is 1. The van der Waals surface area contributed by atoms with Gasteiger partial charge in [0, 0.05) is 19.0 Å². The lowest BCUT2D eigenvalue weighted by molar-refractivity contribution is -0.139. The van der Waals surface area contributed by atoms with Crippen LogP contribution in [0, 0.1) is 5.92 Å². The average Bonchev–Trinajstić information content (AvgIpc) is 2.37. The summed E-state index contributed by atoms with van der Waals surface area (Å²) in [6.45, 7) is 4.18. The second kappa shape index (κ2) is 6.53. The molecule has 3 atom stereocenters. The molecule has 4 heteroatoms. The third kappa shape index (κ3) is 3.69. The van der Waals surface area contributed by atoms with Crippen LogP contribution in [0.1, 0.15) is 45.4 Å². The van der Waals surface area contributed by atoms with Gasteiger partial charge in [-0.2, -0.15) is 0 Å². The highest BCUT2D eigenvalue weighted by Gasteiger charge is 2.25. The van der Waals surface area contributed by atoms with Gasteiger partial charge in [-0.05, 0) is 32.1 Å². The topological polar surface area (TPSA) is 55.6 Å². The summed E-state index contributed by atoms with van der Waals surface area (Å²) in [5.74, 6) is 0.957. The summed E-state index contributed by atoms with van der Waals surface area (Å²) in [6, 6.07) is 0.598. The smallest absolute Gasteiger partial charge is 0.222 e. The van der Waals surface area contributed by atoms with Crippen molar-refractivity contribution in [3.63, 3.8) is 0 Å². The maximum Gasteiger partial charge on any atom is 0.222 e. The van der Waals surface area contributed by atoms with Crippen LogP contribution in [0.5, 0.6) is 0 Å². The number of carbonyl (C=O) groups is 1. The van der Waals surface area contributed by atoms with Crippen LogP contribution in [0.2, 0.25) is 0 Å². The molecule has 1 aliphatic heterocycles. The van der Waals surface area contributed by atoms with Gasteiger partial charge in [-0.1, -0.05) is 12.8 Å². The van der Waals surface area contributed by atoms with Crippen molar-refractivity contribution < 1.29 is 9.53 Å². The molecule has 104 valence electrons. The Morgan fingerprint density at radius 1 is 1.44 bits per heavy atom. The Balaban J connectivity index is 1.73. The van der Waals surface area contributed by atoms with Crippen molar-refractivity contribution in [2.24, 2.45) is 11.7 Å². The van der Waals surface area contributed by atoms with Crippen LogP contribution >= 0.6 is 0 Å². The first-order chi connectivity index (χ1) is 8.66. The third-order valence-corrected chi connectivity index (χ3v) is 4.28. The predicted octanol–water partition coefficient (Wildman–Crippen LogP) is 1.53. The molecule has 1 saturated heterocycles. The van der Waals surface area contributed by atoms with E-state index < -0.39 is 0 Å². The molecular weight excluding hydrogens is 228 g/mol. The molecule has 1 heterocycles. The second-order valence-electron chi connectivity index (χ2n) is 5.84. The molecule has 2 rings (SSSR count). The van der Waals surface area contributed by atoms with E-state index >= 15 is 0 Å². The molecule has 0 aromatic rings. The number of nitrogens with zero attached hydrogens (tertiary/aromatic N) is 1. The molecule has 2 N–H and O–H groups in total. The van der Waals surface area contributed by atoms with Gasteiger partial charge in [0.2, 0.25) is 5.91 Å². The average molecular weight is 254 g/mol. The number of amides is 1.